The molecule has 26 heavy (non-hydrogen) atoms. The fourth-order valence-corrected chi connectivity index (χ4v) is 3.08. The van der Waals surface area contributed by atoms with Gasteiger partial charge < -0.3 is 9.73 Å². The predicted molar refractivity (Wildman–Crippen MR) is 100 cm³/mol. The van der Waals surface area contributed by atoms with Crippen molar-refractivity contribution in [3.8, 4) is 0 Å². The molecule has 0 saturated heterocycles. The molecule has 1 aliphatic carbocycles. The van der Waals surface area contributed by atoms with Gasteiger partial charge in [0.25, 0.3) is 5.91 Å². The second-order valence-electron chi connectivity index (χ2n) is 6.52. The Labute approximate surface area is 152 Å². The summed E-state index contributed by atoms with van der Waals surface area (Å²) in [5.41, 5.74) is 4.82. The van der Waals surface area contributed by atoms with Crippen molar-refractivity contribution in [1.29, 1.82) is 0 Å². The van der Waals surface area contributed by atoms with Crippen LogP contribution in [0.3, 0.4) is 0 Å². The summed E-state index contributed by atoms with van der Waals surface area (Å²) in [6, 6.07) is 10.6. The Balaban J connectivity index is 1.62. The Morgan fingerprint density at radius 1 is 1.12 bits per heavy atom. The average molecular weight is 353 g/mol. The highest BCUT2D eigenvalue weighted by Gasteiger charge is 2.20. The van der Waals surface area contributed by atoms with Crippen LogP contribution in [0.15, 0.2) is 52.2 Å². The van der Waals surface area contributed by atoms with Gasteiger partial charge in [-0.15, -0.1) is 0 Å². The molecule has 1 aromatic heterocycles. The lowest BCUT2D eigenvalue weighted by atomic mass is 9.89. The van der Waals surface area contributed by atoms with Crippen LogP contribution in [0.2, 0.25) is 0 Å². The zero-order valence-corrected chi connectivity index (χ0v) is 14.8. The summed E-state index contributed by atoms with van der Waals surface area (Å²) < 4.78 is 5.08. The molecule has 2 N–H and O–H groups in total. The van der Waals surface area contributed by atoms with E-state index in [2.05, 4.69) is 15.8 Å². The van der Waals surface area contributed by atoms with Crippen LogP contribution in [0.5, 0.6) is 0 Å². The van der Waals surface area contributed by atoms with Crippen molar-refractivity contribution in [2.75, 3.05) is 5.32 Å². The number of benzene rings is 1. The van der Waals surface area contributed by atoms with Gasteiger partial charge in [0.2, 0.25) is 5.91 Å². The van der Waals surface area contributed by atoms with Crippen molar-refractivity contribution >= 4 is 23.2 Å². The Kier molecular flexibility index (Phi) is 5.84. The number of hydrogen-bond donors (Lipinski definition) is 2. The van der Waals surface area contributed by atoms with Crippen molar-refractivity contribution in [3.63, 3.8) is 0 Å². The lowest BCUT2D eigenvalue weighted by molar-refractivity contribution is -0.125. The van der Waals surface area contributed by atoms with E-state index >= 15 is 0 Å². The molecule has 1 aliphatic rings. The molecule has 1 heterocycles. The molecule has 6 heteroatoms. The van der Waals surface area contributed by atoms with Crippen LogP contribution in [0.25, 0.3) is 0 Å². The fourth-order valence-electron chi connectivity index (χ4n) is 3.08. The maximum Gasteiger partial charge on any atom is 0.291 e. The van der Waals surface area contributed by atoms with Gasteiger partial charge in [0.1, 0.15) is 0 Å². The predicted octanol–water partition coefficient (Wildman–Crippen LogP) is 3.95. The van der Waals surface area contributed by atoms with E-state index in [9.17, 15) is 9.59 Å². The van der Waals surface area contributed by atoms with Crippen LogP contribution in [-0.2, 0) is 4.79 Å². The molecule has 1 aromatic carbocycles. The van der Waals surface area contributed by atoms with Gasteiger partial charge in [0, 0.05) is 11.6 Å². The number of nitrogens with one attached hydrogen (secondary N) is 2. The highest BCUT2D eigenvalue weighted by atomic mass is 16.3. The van der Waals surface area contributed by atoms with Crippen LogP contribution < -0.4 is 10.7 Å². The number of rotatable bonds is 5. The first-order valence-electron chi connectivity index (χ1n) is 8.93. The molecule has 0 radical (unpaired) electrons. The fraction of sp³-hybridized carbons (Fsp3) is 0.350. The summed E-state index contributed by atoms with van der Waals surface area (Å²) in [5, 5.41) is 7.01. The molecule has 0 unspecified atom stereocenters. The number of amides is 2. The summed E-state index contributed by atoms with van der Waals surface area (Å²) >= 11 is 0. The summed E-state index contributed by atoms with van der Waals surface area (Å²) in [6.45, 7) is 1.83. The van der Waals surface area contributed by atoms with E-state index in [0.717, 1.165) is 31.2 Å². The number of nitrogens with zero attached hydrogens (tertiary/aromatic N) is 1. The maximum atomic E-state index is 12.2. The molecule has 136 valence electrons. The van der Waals surface area contributed by atoms with Gasteiger partial charge >= 0.3 is 0 Å². The van der Waals surface area contributed by atoms with Gasteiger partial charge in [-0.25, -0.2) is 5.43 Å². The van der Waals surface area contributed by atoms with Gasteiger partial charge in [-0.3, -0.25) is 9.59 Å². The molecule has 0 spiro atoms. The zero-order chi connectivity index (χ0) is 18.4. The van der Waals surface area contributed by atoms with Gasteiger partial charge in [0.05, 0.1) is 12.0 Å². The molecular weight excluding hydrogens is 330 g/mol. The number of hydrogen-bond acceptors (Lipinski definition) is 4. The minimum absolute atomic E-state index is 0.00803. The second-order valence-corrected chi connectivity index (χ2v) is 6.52. The first kappa shape index (κ1) is 17.9. The van der Waals surface area contributed by atoms with Crippen molar-refractivity contribution in [1.82, 2.24) is 5.43 Å². The molecule has 0 bridgehead atoms. The van der Waals surface area contributed by atoms with Crippen LogP contribution in [0, 0.1) is 5.92 Å². The van der Waals surface area contributed by atoms with E-state index in [1.807, 2.05) is 25.1 Å². The van der Waals surface area contributed by atoms with Gasteiger partial charge in [-0.1, -0.05) is 31.4 Å². The average Bonchev–Trinajstić information content (AvgIpc) is 3.22. The monoisotopic (exact) mass is 353 g/mol. The van der Waals surface area contributed by atoms with E-state index < -0.39 is 0 Å². The van der Waals surface area contributed by atoms with E-state index in [1.165, 1.54) is 12.7 Å². The summed E-state index contributed by atoms with van der Waals surface area (Å²) in [4.78, 5) is 24.2. The Hall–Kier alpha value is -2.89. The SMILES string of the molecule is C/C(=N\NC(=O)C1CCCCC1)c1cccc(NC(=O)c2ccco2)c1. The van der Waals surface area contributed by atoms with Gasteiger partial charge in [-0.2, -0.15) is 5.10 Å². The number of hydrazone groups is 1. The van der Waals surface area contributed by atoms with Gasteiger partial charge in [0.15, 0.2) is 5.76 Å². The first-order valence-corrected chi connectivity index (χ1v) is 8.93. The Bertz CT molecular complexity index is 790. The van der Waals surface area contributed by atoms with Crippen LogP contribution in [-0.4, -0.2) is 17.5 Å². The normalized spacial score (nSPS) is 15.5. The van der Waals surface area contributed by atoms with E-state index in [4.69, 9.17) is 4.42 Å². The Morgan fingerprint density at radius 2 is 1.92 bits per heavy atom. The third kappa shape index (κ3) is 4.59. The quantitative estimate of drug-likeness (QED) is 0.630. The van der Waals surface area contributed by atoms with E-state index in [0.29, 0.717) is 11.4 Å². The molecule has 1 saturated carbocycles. The minimum Gasteiger partial charge on any atom is -0.459 e. The molecule has 1 fully saturated rings. The maximum absolute atomic E-state index is 12.2. The lowest BCUT2D eigenvalue weighted by Crippen LogP contribution is -2.29. The molecule has 0 aliphatic heterocycles. The molecule has 0 atom stereocenters. The molecule has 6 nitrogen and oxygen atoms in total. The molecular formula is C20H23N3O3. The minimum atomic E-state index is -0.313. The molecule has 2 aromatic rings. The van der Waals surface area contributed by atoms with Crippen LogP contribution >= 0.6 is 0 Å². The van der Waals surface area contributed by atoms with Crippen molar-refractivity contribution < 1.29 is 14.0 Å². The topological polar surface area (TPSA) is 83.7 Å². The van der Waals surface area contributed by atoms with Gasteiger partial charge in [-0.05, 0) is 49.6 Å². The van der Waals surface area contributed by atoms with Crippen LogP contribution in [0.4, 0.5) is 5.69 Å². The van der Waals surface area contributed by atoms with Crippen molar-refractivity contribution in [3.05, 3.63) is 54.0 Å². The Morgan fingerprint density at radius 3 is 2.65 bits per heavy atom. The molecule has 2 amide bonds. The van der Waals surface area contributed by atoms with E-state index in [-0.39, 0.29) is 23.5 Å². The highest BCUT2D eigenvalue weighted by Crippen LogP contribution is 2.23. The lowest BCUT2D eigenvalue weighted by Gasteiger charge is -2.19. The van der Waals surface area contributed by atoms with Crippen LogP contribution in [0.1, 0.15) is 55.1 Å². The summed E-state index contributed by atoms with van der Waals surface area (Å²) in [6.07, 6.45) is 6.76. The number of furan rings is 1. The first-order chi connectivity index (χ1) is 12.6. The summed E-state index contributed by atoms with van der Waals surface area (Å²) in [7, 11) is 0. The number of anilines is 1. The second kappa shape index (κ2) is 8.47. The standard InChI is InChI=1S/C20H23N3O3/c1-14(22-23-19(24)15-7-3-2-4-8-15)16-9-5-10-17(13-16)21-20(25)18-11-6-12-26-18/h5-6,9-13,15H,2-4,7-8H2,1H3,(H,21,25)(H,23,24)/b22-14+. The summed E-state index contributed by atoms with van der Waals surface area (Å²) in [5.74, 6) is -0.00146. The highest BCUT2D eigenvalue weighted by molar-refractivity contribution is 6.04. The zero-order valence-electron chi connectivity index (χ0n) is 14.8. The van der Waals surface area contributed by atoms with E-state index in [1.54, 1.807) is 18.2 Å². The molecule has 3 rings (SSSR count). The van der Waals surface area contributed by atoms with Crippen molar-refractivity contribution in [2.45, 2.75) is 39.0 Å². The third-order valence-corrected chi connectivity index (χ3v) is 4.59. The third-order valence-electron chi connectivity index (χ3n) is 4.59. The smallest absolute Gasteiger partial charge is 0.291 e. The number of carbonyl (C=O) groups excluding carboxylic acids is 2. The van der Waals surface area contributed by atoms with Crippen molar-refractivity contribution in [2.24, 2.45) is 11.0 Å². The number of carbonyl (C=O) groups is 2. The largest absolute Gasteiger partial charge is 0.459 e.